The van der Waals surface area contributed by atoms with Crippen molar-refractivity contribution in [2.45, 2.75) is 6.92 Å². The predicted octanol–water partition coefficient (Wildman–Crippen LogP) is 3.26. The molecule has 104 valence electrons. The van der Waals surface area contributed by atoms with Crippen molar-refractivity contribution in [1.29, 1.82) is 5.26 Å². The molecule has 0 amide bonds. The summed E-state index contributed by atoms with van der Waals surface area (Å²) in [6, 6.07) is 7.53. The van der Waals surface area contributed by atoms with Gasteiger partial charge in [-0.05, 0) is 25.1 Å². The second-order valence-electron chi connectivity index (χ2n) is 4.54. The van der Waals surface area contributed by atoms with Crippen molar-refractivity contribution in [2.24, 2.45) is 0 Å². The fourth-order valence-electron chi connectivity index (χ4n) is 2.18. The van der Waals surface area contributed by atoms with Gasteiger partial charge in [-0.1, -0.05) is 11.6 Å². The first-order chi connectivity index (χ1) is 10.1. The van der Waals surface area contributed by atoms with Gasteiger partial charge in [-0.2, -0.15) is 5.26 Å². The molecule has 0 N–H and O–H groups in total. The maximum atomic E-state index is 9.23. The first kappa shape index (κ1) is 13.4. The highest BCUT2D eigenvalue weighted by Crippen LogP contribution is 2.32. The molecule has 21 heavy (non-hydrogen) atoms. The standard InChI is InChI=1S/C15H11ClN4O/c1-9-7-20(8-18-9)15-11-4-3-10(21-2)5-12(11)14(16)13(6-17)19-15/h3-5,7-8H,1-2H3. The number of halogens is 1. The van der Waals surface area contributed by atoms with E-state index in [1.54, 1.807) is 24.1 Å². The Hall–Kier alpha value is -2.58. The Morgan fingerprint density at radius 2 is 2.14 bits per heavy atom. The zero-order valence-corrected chi connectivity index (χ0v) is 12.2. The molecule has 0 radical (unpaired) electrons. The Labute approximate surface area is 126 Å². The minimum Gasteiger partial charge on any atom is -0.497 e. The molecule has 3 aromatic rings. The van der Waals surface area contributed by atoms with Crippen molar-refractivity contribution in [3.63, 3.8) is 0 Å². The van der Waals surface area contributed by atoms with Gasteiger partial charge in [0.2, 0.25) is 0 Å². The summed E-state index contributed by atoms with van der Waals surface area (Å²) in [5, 5.41) is 11.1. The number of aromatic nitrogens is 3. The summed E-state index contributed by atoms with van der Waals surface area (Å²) >= 11 is 6.27. The number of ether oxygens (including phenoxy) is 1. The lowest BCUT2D eigenvalue weighted by Crippen LogP contribution is -2.00. The largest absolute Gasteiger partial charge is 0.497 e. The number of hydrogen-bond donors (Lipinski definition) is 0. The highest BCUT2D eigenvalue weighted by molar-refractivity contribution is 6.36. The third-order valence-corrected chi connectivity index (χ3v) is 3.57. The Morgan fingerprint density at radius 3 is 2.76 bits per heavy atom. The van der Waals surface area contributed by atoms with Crippen LogP contribution in [0.25, 0.3) is 16.6 Å². The van der Waals surface area contributed by atoms with E-state index in [9.17, 15) is 5.26 Å². The minimum absolute atomic E-state index is 0.179. The first-order valence-electron chi connectivity index (χ1n) is 6.22. The number of aryl methyl sites for hydroxylation is 1. The van der Waals surface area contributed by atoms with Gasteiger partial charge in [-0.25, -0.2) is 9.97 Å². The van der Waals surface area contributed by atoms with Crippen LogP contribution in [0.3, 0.4) is 0 Å². The van der Waals surface area contributed by atoms with Crippen LogP contribution in [-0.2, 0) is 0 Å². The van der Waals surface area contributed by atoms with E-state index >= 15 is 0 Å². The van der Waals surface area contributed by atoms with Gasteiger partial charge in [-0.3, -0.25) is 4.57 Å². The van der Waals surface area contributed by atoms with E-state index in [0.29, 0.717) is 16.6 Å². The average Bonchev–Trinajstić information content (AvgIpc) is 2.94. The SMILES string of the molecule is COc1ccc2c(-n3cnc(C)c3)nc(C#N)c(Cl)c2c1. The van der Waals surface area contributed by atoms with Crippen molar-refractivity contribution in [3.8, 4) is 17.6 Å². The lowest BCUT2D eigenvalue weighted by Gasteiger charge is -2.10. The molecule has 5 nitrogen and oxygen atoms in total. The van der Waals surface area contributed by atoms with Gasteiger partial charge in [0.1, 0.15) is 24.0 Å². The highest BCUT2D eigenvalue weighted by Gasteiger charge is 2.14. The fourth-order valence-corrected chi connectivity index (χ4v) is 2.42. The first-order valence-corrected chi connectivity index (χ1v) is 6.60. The van der Waals surface area contributed by atoms with Crippen molar-refractivity contribution < 1.29 is 4.74 Å². The molecule has 0 aliphatic carbocycles. The molecular weight excluding hydrogens is 288 g/mol. The van der Waals surface area contributed by atoms with Crippen LogP contribution in [0, 0.1) is 18.3 Å². The molecule has 0 atom stereocenters. The highest BCUT2D eigenvalue weighted by atomic mass is 35.5. The number of hydrogen-bond acceptors (Lipinski definition) is 4. The number of pyridine rings is 1. The normalized spacial score (nSPS) is 10.6. The molecule has 3 rings (SSSR count). The van der Waals surface area contributed by atoms with Gasteiger partial charge in [0.15, 0.2) is 5.69 Å². The van der Waals surface area contributed by atoms with E-state index < -0.39 is 0 Å². The maximum Gasteiger partial charge on any atom is 0.162 e. The van der Waals surface area contributed by atoms with Crippen molar-refractivity contribution in [3.05, 3.63) is 47.1 Å². The van der Waals surface area contributed by atoms with Crippen LogP contribution >= 0.6 is 11.6 Å². The Bertz CT molecular complexity index is 879. The molecule has 0 saturated heterocycles. The van der Waals surface area contributed by atoms with Gasteiger partial charge >= 0.3 is 0 Å². The van der Waals surface area contributed by atoms with Crippen molar-refractivity contribution >= 4 is 22.4 Å². The molecule has 0 bridgehead atoms. The number of benzene rings is 1. The molecule has 2 aromatic heterocycles. The van der Waals surface area contributed by atoms with E-state index in [1.165, 1.54) is 0 Å². The minimum atomic E-state index is 0.179. The van der Waals surface area contributed by atoms with Crippen LogP contribution < -0.4 is 4.74 Å². The molecule has 0 aliphatic rings. The maximum absolute atomic E-state index is 9.23. The summed E-state index contributed by atoms with van der Waals surface area (Å²) in [6.45, 7) is 1.89. The van der Waals surface area contributed by atoms with Gasteiger partial charge in [0.05, 0.1) is 17.8 Å². The summed E-state index contributed by atoms with van der Waals surface area (Å²) < 4.78 is 7.00. The predicted molar refractivity (Wildman–Crippen MR) is 79.9 cm³/mol. The molecule has 0 spiro atoms. The van der Waals surface area contributed by atoms with E-state index in [0.717, 1.165) is 16.5 Å². The molecule has 0 saturated carbocycles. The summed E-state index contributed by atoms with van der Waals surface area (Å²) in [5.74, 6) is 1.29. The second-order valence-corrected chi connectivity index (χ2v) is 4.92. The van der Waals surface area contributed by atoms with E-state index in [1.807, 2.05) is 31.3 Å². The Kier molecular flexibility index (Phi) is 3.24. The van der Waals surface area contributed by atoms with Crippen LogP contribution in [0.1, 0.15) is 11.4 Å². The number of methoxy groups -OCH3 is 1. The average molecular weight is 299 g/mol. The van der Waals surface area contributed by atoms with E-state index in [4.69, 9.17) is 16.3 Å². The smallest absolute Gasteiger partial charge is 0.162 e. The van der Waals surface area contributed by atoms with Crippen LogP contribution in [0.2, 0.25) is 5.02 Å². The van der Waals surface area contributed by atoms with Gasteiger partial charge in [0, 0.05) is 17.0 Å². The Morgan fingerprint density at radius 1 is 1.33 bits per heavy atom. The van der Waals surface area contributed by atoms with E-state index in [-0.39, 0.29) is 5.69 Å². The number of rotatable bonds is 2. The number of imidazole rings is 1. The molecule has 6 heteroatoms. The third kappa shape index (κ3) is 2.20. The quantitative estimate of drug-likeness (QED) is 0.728. The van der Waals surface area contributed by atoms with E-state index in [2.05, 4.69) is 9.97 Å². The fraction of sp³-hybridized carbons (Fsp3) is 0.133. The molecule has 0 aliphatic heterocycles. The summed E-state index contributed by atoms with van der Waals surface area (Å²) in [4.78, 5) is 8.54. The van der Waals surface area contributed by atoms with Gasteiger partial charge < -0.3 is 4.74 Å². The monoisotopic (exact) mass is 298 g/mol. The molecule has 0 unspecified atom stereocenters. The van der Waals surface area contributed by atoms with Crippen LogP contribution in [0.15, 0.2) is 30.7 Å². The number of fused-ring (bicyclic) bond motifs is 1. The zero-order chi connectivity index (χ0) is 15.0. The number of nitrogens with zero attached hydrogens (tertiary/aromatic N) is 4. The van der Waals surface area contributed by atoms with Crippen LogP contribution in [-0.4, -0.2) is 21.6 Å². The van der Waals surface area contributed by atoms with Crippen LogP contribution in [0.4, 0.5) is 0 Å². The lowest BCUT2D eigenvalue weighted by molar-refractivity contribution is 0.415. The molecule has 2 heterocycles. The van der Waals surface area contributed by atoms with Gasteiger partial charge in [-0.15, -0.1) is 0 Å². The van der Waals surface area contributed by atoms with Crippen LogP contribution in [0.5, 0.6) is 5.75 Å². The van der Waals surface area contributed by atoms with Crippen molar-refractivity contribution in [1.82, 2.24) is 14.5 Å². The van der Waals surface area contributed by atoms with Crippen molar-refractivity contribution in [2.75, 3.05) is 7.11 Å². The van der Waals surface area contributed by atoms with Gasteiger partial charge in [0.25, 0.3) is 0 Å². The lowest BCUT2D eigenvalue weighted by atomic mass is 10.1. The number of nitriles is 1. The third-order valence-electron chi connectivity index (χ3n) is 3.19. The summed E-state index contributed by atoms with van der Waals surface area (Å²) in [7, 11) is 1.58. The Balaban J connectivity index is 2.39. The zero-order valence-electron chi connectivity index (χ0n) is 11.5. The second kappa shape index (κ2) is 5.08. The summed E-state index contributed by atoms with van der Waals surface area (Å²) in [5.41, 5.74) is 1.05. The molecular formula is C15H11ClN4O. The molecule has 1 aromatic carbocycles. The topological polar surface area (TPSA) is 63.7 Å². The summed E-state index contributed by atoms with van der Waals surface area (Å²) in [6.07, 6.45) is 3.51. The molecule has 0 fully saturated rings.